The van der Waals surface area contributed by atoms with E-state index in [1.54, 1.807) is 0 Å². The van der Waals surface area contributed by atoms with Gasteiger partial charge in [0.15, 0.2) is 0 Å². The van der Waals surface area contributed by atoms with E-state index in [0.717, 1.165) is 32.2 Å². The Labute approximate surface area is 128 Å². The van der Waals surface area contributed by atoms with Gasteiger partial charge in [0.2, 0.25) is 0 Å². The summed E-state index contributed by atoms with van der Waals surface area (Å²) < 4.78 is 0. The molecule has 0 aromatic heterocycles. The maximum atomic E-state index is 11.5. The molecular formula is C18H27NO2. The van der Waals surface area contributed by atoms with Gasteiger partial charge in [-0.15, -0.1) is 0 Å². The van der Waals surface area contributed by atoms with E-state index in [2.05, 4.69) is 49.9 Å². The zero-order chi connectivity index (χ0) is 15.4. The van der Waals surface area contributed by atoms with Crippen molar-refractivity contribution in [3.8, 4) is 0 Å². The number of nitrogens with zero attached hydrogens (tertiary/aromatic N) is 1. The number of likely N-dealkylation sites (tertiary alicyclic amines) is 1. The van der Waals surface area contributed by atoms with Crippen LogP contribution in [0.5, 0.6) is 0 Å². The lowest BCUT2D eigenvalue weighted by Crippen LogP contribution is -2.46. The predicted octanol–water partition coefficient (Wildman–Crippen LogP) is 4.20. The summed E-state index contributed by atoms with van der Waals surface area (Å²) in [5.74, 6) is -0.146. The van der Waals surface area contributed by atoms with Crippen molar-refractivity contribution < 1.29 is 9.90 Å². The number of rotatable bonds is 5. The second kappa shape index (κ2) is 7.08. The molecule has 0 spiro atoms. The molecule has 2 unspecified atom stereocenters. The van der Waals surface area contributed by atoms with Crippen LogP contribution in [-0.2, 0) is 4.79 Å². The van der Waals surface area contributed by atoms with Crippen LogP contribution in [0, 0.1) is 0 Å². The number of piperidine rings is 1. The Hall–Kier alpha value is -1.35. The molecule has 2 atom stereocenters. The van der Waals surface area contributed by atoms with Crippen molar-refractivity contribution in [2.45, 2.75) is 64.5 Å². The fourth-order valence-corrected chi connectivity index (χ4v) is 3.36. The molecule has 0 radical (unpaired) electrons. The first-order chi connectivity index (χ1) is 10.0. The fraction of sp³-hybridized carbons (Fsp3) is 0.611. The van der Waals surface area contributed by atoms with Crippen molar-refractivity contribution in [2.75, 3.05) is 6.54 Å². The average Bonchev–Trinajstić information content (AvgIpc) is 2.49. The Morgan fingerprint density at radius 2 is 1.86 bits per heavy atom. The van der Waals surface area contributed by atoms with E-state index in [9.17, 15) is 9.90 Å². The van der Waals surface area contributed by atoms with Gasteiger partial charge in [-0.2, -0.15) is 0 Å². The van der Waals surface area contributed by atoms with Gasteiger partial charge < -0.3 is 5.11 Å². The van der Waals surface area contributed by atoms with E-state index in [1.807, 2.05) is 0 Å². The van der Waals surface area contributed by atoms with Crippen LogP contribution >= 0.6 is 0 Å². The van der Waals surface area contributed by atoms with Crippen molar-refractivity contribution in [1.29, 1.82) is 0 Å². The standard InChI is InChI=1S/C18H27NO2/c1-4-16(15-10-8-14(9-11-15)13(2)3)19-12-6-5-7-17(19)18(20)21/h8-11,13,16-17H,4-7,12H2,1-3H3,(H,20,21). The third kappa shape index (κ3) is 3.65. The molecule has 116 valence electrons. The highest BCUT2D eigenvalue weighted by molar-refractivity contribution is 5.73. The van der Waals surface area contributed by atoms with Gasteiger partial charge in [0.25, 0.3) is 0 Å². The molecule has 1 fully saturated rings. The number of aliphatic carboxylic acids is 1. The number of carbonyl (C=O) groups is 1. The maximum Gasteiger partial charge on any atom is 0.320 e. The molecule has 2 rings (SSSR count). The Bertz CT molecular complexity index is 467. The van der Waals surface area contributed by atoms with Gasteiger partial charge in [-0.05, 0) is 42.9 Å². The summed E-state index contributed by atoms with van der Waals surface area (Å²) in [5, 5.41) is 9.48. The molecule has 1 heterocycles. The van der Waals surface area contributed by atoms with Gasteiger partial charge in [-0.25, -0.2) is 0 Å². The Morgan fingerprint density at radius 3 is 2.38 bits per heavy atom. The fourth-order valence-electron chi connectivity index (χ4n) is 3.36. The first-order valence-corrected chi connectivity index (χ1v) is 8.13. The molecule has 0 aliphatic carbocycles. The molecular weight excluding hydrogens is 262 g/mol. The van der Waals surface area contributed by atoms with Gasteiger partial charge in [-0.3, -0.25) is 9.69 Å². The quantitative estimate of drug-likeness (QED) is 0.883. The largest absolute Gasteiger partial charge is 0.480 e. The van der Waals surface area contributed by atoms with Crippen LogP contribution in [0.2, 0.25) is 0 Å². The lowest BCUT2D eigenvalue weighted by Gasteiger charge is -2.39. The van der Waals surface area contributed by atoms with Crippen molar-refractivity contribution in [3.63, 3.8) is 0 Å². The minimum atomic E-state index is -0.674. The lowest BCUT2D eigenvalue weighted by atomic mass is 9.93. The zero-order valence-electron chi connectivity index (χ0n) is 13.4. The lowest BCUT2D eigenvalue weighted by molar-refractivity contribution is -0.146. The normalized spacial score (nSPS) is 21.4. The second-order valence-electron chi connectivity index (χ2n) is 6.33. The zero-order valence-corrected chi connectivity index (χ0v) is 13.4. The highest BCUT2D eigenvalue weighted by atomic mass is 16.4. The highest BCUT2D eigenvalue weighted by Crippen LogP contribution is 2.31. The minimum absolute atomic E-state index is 0.215. The van der Waals surface area contributed by atoms with Crippen LogP contribution in [0.4, 0.5) is 0 Å². The summed E-state index contributed by atoms with van der Waals surface area (Å²) in [4.78, 5) is 13.7. The third-order valence-electron chi connectivity index (χ3n) is 4.60. The number of benzene rings is 1. The number of carboxylic acid groups (broad SMARTS) is 1. The molecule has 1 aromatic carbocycles. The van der Waals surface area contributed by atoms with Crippen LogP contribution in [-0.4, -0.2) is 28.6 Å². The molecule has 0 saturated carbocycles. The average molecular weight is 289 g/mol. The number of hydrogen-bond acceptors (Lipinski definition) is 2. The van der Waals surface area contributed by atoms with Crippen molar-refractivity contribution in [3.05, 3.63) is 35.4 Å². The van der Waals surface area contributed by atoms with E-state index in [4.69, 9.17) is 0 Å². The van der Waals surface area contributed by atoms with Gasteiger partial charge in [-0.1, -0.05) is 51.5 Å². The number of carboxylic acids is 1. The predicted molar refractivity (Wildman–Crippen MR) is 85.5 cm³/mol. The monoisotopic (exact) mass is 289 g/mol. The summed E-state index contributed by atoms with van der Waals surface area (Å²) >= 11 is 0. The molecule has 1 aliphatic rings. The molecule has 1 N–H and O–H groups in total. The Kier molecular flexibility index (Phi) is 5.40. The van der Waals surface area contributed by atoms with Crippen LogP contribution < -0.4 is 0 Å². The van der Waals surface area contributed by atoms with Crippen LogP contribution in [0.25, 0.3) is 0 Å². The summed E-state index contributed by atoms with van der Waals surface area (Å²) in [5.41, 5.74) is 2.58. The first-order valence-electron chi connectivity index (χ1n) is 8.13. The second-order valence-corrected chi connectivity index (χ2v) is 6.33. The molecule has 3 nitrogen and oxygen atoms in total. The molecule has 3 heteroatoms. The molecule has 1 aliphatic heterocycles. The molecule has 1 saturated heterocycles. The third-order valence-corrected chi connectivity index (χ3v) is 4.60. The molecule has 0 bridgehead atoms. The van der Waals surface area contributed by atoms with Crippen molar-refractivity contribution in [2.24, 2.45) is 0 Å². The maximum absolute atomic E-state index is 11.5. The number of hydrogen-bond donors (Lipinski definition) is 1. The van der Waals surface area contributed by atoms with Gasteiger partial charge >= 0.3 is 5.97 Å². The van der Waals surface area contributed by atoms with E-state index >= 15 is 0 Å². The minimum Gasteiger partial charge on any atom is -0.480 e. The first kappa shape index (κ1) is 16.0. The summed E-state index contributed by atoms with van der Waals surface area (Å²) in [6.45, 7) is 7.42. The van der Waals surface area contributed by atoms with E-state index in [-0.39, 0.29) is 12.1 Å². The summed E-state index contributed by atoms with van der Waals surface area (Å²) in [6, 6.07) is 8.61. The van der Waals surface area contributed by atoms with Gasteiger partial charge in [0.1, 0.15) is 6.04 Å². The molecule has 21 heavy (non-hydrogen) atoms. The van der Waals surface area contributed by atoms with Crippen LogP contribution in [0.3, 0.4) is 0 Å². The van der Waals surface area contributed by atoms with E-state index < -0.39 is 5.97 Å². The Morgan fingerprint density at radius 1 is 1.24 bits per heavy atom. The van der Waals surface area contributed by atoms with E-state index in [0.29, 0.717) is 5.92 Å². The van der Waals surface area contributed by atoms with Gasteiger partial charge in [0, 0.05) is 6.04 Å². The van der Waals surface area contributed by atoms with Crippen LogP contribution in [0.15, 0.2) is 24.3 Å². The Balaban J connectivity index is 2.22. The highest BCUT2D eigenvalue weighted by Gasteiger charge is 2.33. The molecule has 0 amide bonds. The van der Waals surface area contributed by atoms with E-state index in [1.165, 1.54) is 11.1 Å². The topological polar surface area (TPSA) is 40.5 Å². The van der Waals surface area contributed by atoms with Gasteiger partial charge in [0.05, 0.1) is 0 Å². The van der Waals surface area contributed by atoms with Crippen LogP contribution in [0.1, 0.15) is 69.5 Å². The smallest absolute Gasteiger partial charge is 0.320 e. The van der Waals surface area contributed by atoms with Crippen molar-refractivity contribution >= 4 is 5.97 Å². The van der Waals surface area contributed by atoms with Crippen molar-refractivity contribution in [1.82, 2.24) is 4.90 Å². The molecule has 1 aromatic rings. The summed E-state index contributed by atoms with van der Waals surface area (Å²) in [6.07, 6.45) is 3.85. The summed E-state index contributed by atoms with van der Waals surface area (Å²) in [7, 11) is 0. The SMILES string of the molecule is CCC(c1ccc(C(C)C)cc1)N1CCCCC1C(=O)O.